The van der Waals surface area contributed by atoms with Gasteiger partial charge in [-0.3, -0.25) is 9.69 Å². The smallest absolute Gasteiger partial charge is 0.379 e. The highest BCUT2D eigenvalue weighted by Crippen LogP contribution is 2.27. The standard InChI is InChI=1S/C24H27F3N8O2S/c25-24(26,27)6-5-20(36)35-8-2-3-16(15-35)29-22-30-17(14-34-9-11-37-12-10-34)13-19(32-22)33-23-31-18-4-1-7-28-21(18)38-23/h1,4-7,13,16H,2-3,8-12,14-15H2,(H2,29,30,31,32,33)/b6-5+. The summed E-state index contributed by atoms with van der Waals surface area (Å²) in [7, 11) is 0. The average Bonchev–Trinajstić information content (AvgIpc) is 3.30. The van der Waals surface area contributed by atoms with Crippen LogP contribution in [0.1, 0.15) is 18.5 Å². The first-order chi connectivity index (χ1) is 18.3. The number of ether oxygens (including phenoxy) is 1. The summed E-state index contributed by atoms with van der Waals surface area (Å²) in [5, 5.41) is 7.20. The summed E-state index contributed by atoms with van der Waals surface area (Å²) in [6.07, 6.45) is -0.872. The molecule has 2 aliphatic heterocycles. The molecule has 2 aliphatic rings. The second kappa shape index (κ2) is 11.6. The molecule has 1 amide bonds. The Morgan fingerprint density at radius 1 is 1.21 bits per heavy atom. The molecule has 38 heavy (non-hydrogen) atoms. The number of anilines is 3. The van der Waals surface area contributed by atoms with Crippen LogP contribution in [0.5, 0.6) is 0 Å². The van der Waals surface area contributed by atoms with E-state index in [1.165, 1.54) is 16.2 Å². The first kappa shape index (κ1) is 26.3. The van der Waals surface area contributed by atoms with Crippen molar-refractivity contribution in [2.24, 2.45) is 0 Å². The number of piperidine rings is 1. The number of nitrogens with zero attached hydrogens (tertiary/aromatic N) is 6. The lowest BCUT2D eigenvalue weighted by molar-refractivity contribution is -0.127. The van der Waals surface area contributed by atoms with Gasteiger partial charge in [-0.2, -0.15) is 18.2 Å². The van der Waals surface area contributed by atoms with E-state index in [9.17, 15) is 18.0 Å². The molecular weight excluding hydrogens is 521 g/mol. The van der Waals surface area contributed by atoms with Crippen LogP contribution in [0.15, 0.2) is 36.5 Å². The van der Waals surface area contributed by atoms with Gasteiger partial charge >= 0.3 is 6.18 Å². The van der Waals surface area contributed by atoms with Crippen LogP contribution in [0.2, 0.25) is 0 Å². The molecule has 0 spiro atoms. The van der Waals surface area contributed by atoms with Crippen molar-refractivity contribution in [2.75, 3.05) is 50.0 Å². The van der Waals surface area contributed by atoms with Gasteiger partial charge < -0.3 is 20.3 Å². The molecule has 1 atom stereocenters. The summed E-state index contributed by atoms with van der Waals surface area (Å²) < 4.78 is 42.9. The van der Waals surface area contributed by atoms with E-state index in [0.717, 1.165) is 35.6 Å². The molecule has 5 heterocycles. The van der Waals surface area contributed by atoms with Gasteiger partial charge in [-0.25, -0.2) is 15.0 Å². The maximum Gasteiger partial charge on any atom is 0.409 e. The third kappa shape index (κ3) is 7.14. The first-order valence-corrected chi connectivity index (χ1v) is 13.1. The van der Waals surface area contributed by atoms with Gasteiger partial charge in [0.15, 0.2) is 5.13 Å². The Labute approximate surface area is 220 Å². The number of carbonyl (C=O) groups excluding carboxylic acids is 1. The second-order valence-electron chi connectivity index (χ2n) is 9.07. The summed E-state index contributed by atoms with van der Waals surface area (Å²) in [5.41, 5.74) is 1.58. The minimum absolute atomic E-state index is 0.0277. The zero-order valence-corrected chi connectivity index (χ0v) is 21.3. The summed E-state index contributed by atoms with van der Waals surface area (Å²) >= 11 is 1.41. The Kier molecular flexibility index (Phi) is 8.00. The molecule has 5 rings (SSSR count). The summed E-state index contributed by atoms with van der Waals surface area (Å²) in [4.78, 5) is 35.0. The predicted octanol–water partition coefficient (Wildman–Crippen LogP) is 3.58. The zero-order chi connectivity index (χ0) is 26.5. The molecular formula is C24H27F3N8O2S. The number of morpholine rings is 1. The number of nitrogens with one attached hydrogen (secondary N) is 2. The fraction of sp³-hybridized carbons (Fsp3) is 0.458. The van der Waals surface area contributed by atoms with E-state index < -0.39 is 12.1 Å². The molecule has 3 aromatic rings. The Hall–Kier alpha value is -3.36. The van der Waals surface area contributed by atoms with Gasteiger partial charge in [0.05, 0.1) is 18.9 Å². The van der Waals surface area contributed by atoms with Crippen molar-refractivity contribution in [2.45, 2.75) is 31.6 Å². The number of pyridine rings is 1. The minimum Gasteiger partial charge on any atom is -0.379 e. The van der Waals surface area contributed by atoms with Crippen LogP contribution in [0.25, 0.3) is 10.3 Å². The fourth-order valence-electron chi connectivity index (χ4n) is 4.38. The van der Waals surface area contributed by atoms with E-state index in [2.05, 4.69) is 30.5 Å². The Bertz CT molecular complexity index is 1260. The number of fused-ring (bicyclic) bond motifs is 1. The minimum atomic E-state index is -4.53. The lowest BCUT2D eigenvalue weighted by Crippen LogP contribution is -2.45. The van der Waals surface area contributed by atoms with Gasteiger partial charge in [0.25, 0.3) is 0 Å². The number of halogens is 3. The number of likely N-dealkylation sites (tertiary alicyclic amines) is 1. The number of amides is 1. The molecule has 2 saturated heterocycles. The second-order valence-corrected chi connectivity index (χ2v) is 10.0. The molecule has 0 aromatic carbocycles. The van der Waals surface area contributed by atoms with Gasteiger partial charge in [-0.15, -0.1) is 0 Å². The van der Waals surface area contributed by atoms with Crippen LogP contribution in [-0.4, -0.2) is 87.3 Å². The van der Waals surface area contributed by atoms with Gasteiger partial charge in [-0.05, 0) is 25.0 Å². The molecule has 0 radical (unpaired) electrons. The predicted molar refractivity (Wildman–Crippen MR) is 137 cm³/mol. The van der Waals surface area contributed by atoms with E-state index in [-0.39, 0.29) is 18.7 Å². The average molecular weight is 549 g/mol. The molecule has 2 N–H and O–H groups in total. The molecule has 3 aromatic heterocycles. The normalized spacial score (nSPS) is 19.2. The molecule has 2 fully saturated rings. The molecule has 14 heteroatoms. The molecule has 0 aliphatic carbocycles. The van der Waals surface area contributed by atoms with Crippen molar-refractivity contribution in [3.63, 3.8) is 0 Å². The SMILES string of the molecule is O=C(/C=C/C(F)(F)F)N1CCCC(Nc2nc(CN3CCOCC3)cc(Nc3nc4cccnc4s3)n2)C1. The topological polar surface area (TPSA) is 108 Å². The molecule has 10 nitrogen and oxygen atoms in total. The van der Waals surface area contributed by atoms with Crippen LogP contribution in [0.3, 0.4) is 0 Å². The quantitative estimate of drug-likeness (QED) is 0.429. The van der Waals surface area contributed by atoms with E-state index in [1.807, 2.05) is 18.2 Å². The Balaban J connectivity index is 1.33. The number of thiazole rings is 1. The number of hydrogen-bond acceptors (Lipinski definition) is 10. The van der Waals surface area contributed by atoms with Crippen molar-refractivity contribution in [1.82, 2.24) is 29.7 Å². The van der Waals surface area contributed by atoms with Crippen molar-refractivity contribution in [3.8, 4) is 0 Å². The third-order valence-corrected chi connectivity index (χ3v) is 7.05. The van der Waals surface area contributed by atoms with Crippen LogP contribution >= 0.6 is 11.3 Å². The number of alkyl halides is 3. The molecule has 202 valence electrons. The Morgan fingerprint density at radius 3 is 2.84 bits per heavy atom. The largest absolute Gasteiger partial charge is 0.409 e. The number of hydrogen-bond donors (Lipinski definition) is 2. The van der Waals surface area contributed by atoms with Crippen LogP contribution < -0.4 is 10.6 Å². The fourth-order valence-corrected chi connectivity index (χ4v) is 5.19. The van der Waals surface area contributed by atoms with E-state index in [0.29, 0.717) is 55.7 Å². The number of aromatic nitrogens is 4. The van der Waals surface area contributed by atoms with Gasteiger partial charge in [0.2, 0.25) is 11.9 Å². The molecule has 1 unspecified atom stereocenters. The lowest BCUT2D eigenvalue weighted by atomic mass is 10.1. The van der Waals surface area contributed by atoms with E-state index in [1.54, 1.807) is 6.20 Å². The van der Waals surface area contributed by atoms with Crippen LogP contribution in [0, 0.1) is 0 Å². The van der Waals surface area contributed by atoms with Crippen molar-refractivity contribution >= 4 is 44.5 Å². The van der Waals surface area contributed by atoms with Gasteiger partial charge in [-0.1, -0.05) is 11.3 Å². The number of rotatable bonds is 7. The van der Waals surface area contributed by atoms with Crippen molar-refractivity contribution in [1.29, 1.82) is 0 Å². The lowest BCUT2D eigenvalue weighted by Gasteiger charge is -2.32. The van der Waals surface area contributed by atoms with E-state index >= 15 is 0 Å². The number of allylic oxidation sites excluding steroid dienone is 1. The monoisotopic (exact) mass is 548 g/mol. The van der Waals surface area contributed by atoms with Gasteiger partial charge in [0, 0.05) is 63.2 Å². The summed E-state index contributed by atoms with van der Waals surface area (Å²) in [6.45, 7) is 4.17. The number of carbonyl (C=O) groups is 1. The highest BCUT2D eigenvalue weighted by atomic mass is 32.1. The molecule has 0 saturated carbocycles. The maximum absolute atomic E-state index is 12.5. The van der Waals surface area contributed by atoms with Crippen molar-refractivity contribution < 1.29 is 22.7 Å². The van der Waals surface area contributed by atoms with Crippen LogP contribution in [-0.2, 0) is 16.1 Å². The highest BCUT2D eigenvalue weighted by Gasteiger charge is 2.26. The highest BCUT2D eigenvalue weighted by molar-refractivity contribution is 7.21. The van der Waals surface area contributed by atoms with Gasteiger partial charge in [0.1, 0.15) is 16.2 Å². The summed E-state index contributed by atoms with van der Waals surface area (Å²) in [5.74, 6) is 0.270. The Morgan fingerprint density at radius 2 is 2.05 bits per heavy atom. The van der Waals surface area contributed by atoms with E-state index in [4.69, 9.17) is 9.72 Å². The van der Waals surface area contributed by atoms with Crippen molar-refractivity contribution in [3.05, 3.63) is 42.2 Å². The summed E-state index contributed by atoms with van der Waals surface area (Å²) in [6, 6.07) is 5.39. The zero-order valence-electron chi connectivity index (χ0n) is 20.4. The first-order valence-electron chi connectivity index (χ1n) is 12.3. The third-order valence-electron chi connectivity index (χ3n) is 6.15. The van der Waals surface area contributed by atoms with Crippen LogP contribution in [0.4, 0.5) is 30.1 Å². The maximum atomic E-state index is 12.5. The molecule has 0 bridgehead atoms.